The Balaban J connectivity index is 1.89. The second-order valence-electron chi connectivity index (χ2n) is 5.23. The fraction of sp³-hybridized carbons (Fsp3) is 0.750. The van der Waals surface area contributed by atoms with E-state index in [0.29, 0.717) is 19.4 Å². The molecule has 2 fully saturated rings. The van der Waals surface area contributed by atoms with E-state index >= 15 is 0 Å². The van der Waals surface area contributed by atoms with Gasteiger partial charge in [0.1, 0.15) is 0 Å². The Morgan fingerprint density at radius 2 is 2.17 bits per heavy atom. The first-order valence-electron chi connectivity index (χ1n) is 6.31. The van der Waals surface area contributed by atoms with Gasteiger partial charge in [0, 0.05) is 13.0 Å². The van der Waals surface area contributed by atoms with E-state index in [1.165, 1.54) is 0 Å². The maximum Gasteiger partial charge on any atom is 0.305 e. The lowest BCUT2D eigenvalue weighted by Gasteiger charge is -2.42. The van der Waals surface area contributed by atoms with Gasteiger partial charge in [0.25, 0.3) is 0 Å². The molecular formula is C12H18N2O4. The minimum absolute atomic E-state index is 0.0161. The predicted molar refractivity (Wildman–Crippen MR) is 62.7 cm³/mol. The number of piperidine rings is 1. The quantitative estimate of drug-likeness (QED) is 0.659. The molecule has 2 rings (SSSR count). The summed E-state index contributed by atoms with van der Waals surface area (Å²) in [6.45, 7) is 0.355. The molecule has 0 radical (unpaired) electrons. The second kappa shape index (κ2) is 4.96. The van der Waals surface area contributed by atoms with E-state index < -0.39 is 11.5 Å². The molecule has 0 aromatic carbocycles. The molecule has 1 aliphatic carbocycles. The minimum Gasteiger partial charge on any atom is -0.481 e. The van der Waals surface area contributed by atoms with Gasteiger partial charge in [-0.1, -0.05) is 0 Å². The number of carbonyl (C=O) groups excluding carboxylic acids is 2. The van der Waals surface area contributed by atoms with E-state index in [9.17, 15) is 14.4 Å². The molecule has 1 heterocycles. The standard InChI is InChI=1S/C12H18N2O4/c15-9-3-2-8(7-13-9)11(18)14-12(4-1-5-12)6-10(16)17/h8H,1-7H2,(H,13,15)(H,14,18)(H,16,17). The highest BCUT2D eigenvalue weighted by Crippen LogP contribution is 2.35. The highest BCUT2D eigenvalue weighted by atomic mass is 16.4. The molecule has 6 nitrogen and oxygen atoms in total. The summed E-state index contributed by atoms with van der Waals surface area (Å²) in [5.74, 6) is -1.26. The molecule has 100 valence electrons. The van der Waals surface area contributed by atoms with Gasteiger partial charge >= 0.3 is 5.97 Å². The Morgan fingerprint density at radius 3 is 2.61 bits per heavy atom. The van der Waals surface area contributed by atoms with Gasteiger partial charge in [0.2, 0.25) is 11.8 Å². The van der Waals surface area contributed by atoms with Crippen LogP contribution in [0.1, 0.15) is 38.5 Å². The van der Waals surface area contributed by atoms with E-state index in [1.54, 1.807) is 0 Å². The predicted octanol–water partition coefficient (Wildman–Crippen LogP) is 0.0262. The van der Waals surface area contributed by atoms with E-state index in [-0.39, 0.29) is 24.2 Å². The zero-order valence-corrected chi connectivity index (χ0v) is 10.2. The van der Waals surface area contributed by atoms with Crippen molar-refractivity contribution in [2.75, 3.05) is 6.54 Å². The first-order valence-corrected chi connectivity index (χ1v) is 6.31. The summed E-state index contributed by atoms with van der Waals surface area (Å²) in [4.78, 5) is 33.8. The fourth-order valence-corrected chi connectivity index (χ4v) is 2.56. The van der Waals surface area contributed by atoms with Crippen LogP contribution >= 0.6 is 0 Å². The first-order chi connectivity index (χ1) is 8.51. The third-order valence-corrected chi connectivity index (χ3v) is 3.82. The Labute approximate surface area is 105 Å². The third kappa shape index (κ3) is 2.80. The van der Waals surface area contributed by atoms with Crippen molar-refractivity contribution in [3.63, 3.8) is 0 Å². The smallest absolute Gasteiger partial charge is 0.305 e. The number of amides is 2. The van der Waals surface area contributed by atoms with Crippen LogP contribution in [0.2, 0.25) is 0 Å². The van der Waals surface area contributed by atoms with Crippen molar-refractivity contribution < 1.29 is 19.5 Å². The van der Waals surface area contributed by atoms with Crippen LogP contribution in [0.25, 0.3) is 0 Å². The van der Waals surface area contributed by atoms with Crippen molar-refractivity contribution in [3.8, 4) is 0 Å². The summed E-state index contributed by atoms with van der Waals surface area (Å²) in [6, 6.07) is 0. The lowest BCUT2D eigenvalue weighted by Crippen LogP contribution is -2.57. The van der Waals surface area contributed by atoms with Crippen LogP contribution < -0.4 is 10.6 Å². The number of carboxylic acids is 1. The van der Waals surface area contributed by atoms with Crippen molar-refractivity contribution in [2.45, 2.75) is 44.1 Å². The van der Waals surface area contributed by atoms with E-state index in [2.05, 4.69) is 10.6 Å². The molecule has 6 heteroatoms. The Morgan fingerprint density at radius 1 is 1.44 bits per heavy atom. The zero-order valence-electron chi connectivity index (χ0n) is 10.2. The largest absolute Gasteiger partial charge is 0.481 e. The fourth-order valence-electron chi connectivity index (χ4n) is 2.56. The molecule has 1 aliphatic heterocycles. The molecule has 1 saturated carbocycles. The summed E-state index contributed by atoms with van der Waals surface area (Å²) in [5.41, 5.74) is -0.551. The number of hydrogen-bond donors (Lipinski definition) is 3. The molecule has 1 saturated heterocycles. The molecule has 0 aromatic rings. The Hall–Kier alpha value is -1.59. The van der Waals surface area contributed by atoms with Crippen LogP contribution in [0, 0.1) is 5.92 Å². The van der Waals surface area contributed by atoms with Gasteiger partial charge in [-0.25, -0.2) is 0 Å². The van der Waals surface area contributed by atoms with Crippen LogP contribution in [-0.4, -0.2) is 35.0 Å². The lowest BCUT2D eigenvalue weighted by atomic mass is 9.74. The number of nitrogens with one attached hydrogen (secondary N) is 2. The van der Waals surface area contributed by atoms with Gasteiger partial charge in [0.15, 0.2) is 0 Å². The van der Waals surface area contributed by atoms with Crippen LogP contribution in [0.5, 0.6) is 0 Å². The van der Waals surface area contributed by atoms with Gasteiger partial charge in [0.05, 0.1) is 17.9 Å². The van der Waals surface area contributed by atoms with E-state index in [4.69, 9.17) is 5.11 Å². The number of carbonyl (C=O) groups is 3. The minimum atomic E-state index is -0.882. The molecule has 1 unspecified atom stereocenters. The maximum absolute atomic E-state index is 12.0. The average Bonchev–Trinajstić information content (AvgIpc) is 2.26. The number of rotatable bonds is 4. The molecule has 3 N–H and O–H groups in total. The SMILES string of the molecule is O=C(O)CC1(NC(=O)C2CCC(=O)NC2)CCC1. The molecule has 1 atom stereocenters. The van der Waals surface area contributed by atoms with Crippen molar-refractivity contribution in [2.24, 2.45) is 5.92 Å². The van der Waals surface area contributed by atoms with Crippen LogP contribution in [0.3, 0.4) is 0 Å². The summed E-state index contributed by atoms with van der Waals surface area (Å²) >= 11 is 0. The van der Waals surface area contributed by atoms with Gasteiger partial charge in [-0.15, -0.1) is 0 Å². The number of hydrogen-bond acceptors (Lipinski definition) is 3. The second-order valence-corrected chi connectivity index (χ2v) is 5.23. The van der Waals surface area contributed by atoms with Crippen molar-refractivity contribution >= 4 is 17.8 Å². The Bertz CT molecular complexity index is 366. The van der Waals surface area contributed by atoms with E-state index in [1.807, 2.05) is 0 Å². The van der Waals surface area contributed by atoms with Crippen LogP contribution in [0.4, 0.5) is 0 Å². The normalized spacial score (nSPS) is 25.8. The van der Waals surface area contributed by atoms with Crippen molar-refractivity contribution in [1.29, 1.82) is 0 Å². The molecule has 2 amide bonds. The summed E-state index contributed by atoms with van der Waals surface area (Å²) in [6.07, 6.45) is 3.30. The highest BCUT2D eigenvalue weighted by molar-refractivity contribution is 5.84. The number of carboxylic acid groups (broad SMARTS) is 1. The molecule has 18 heavy (non-hydrogen) atoms. The van der Waals surface area contributed by atoms with Crippen LogP contribution in [0.15, 0.2) is 0 Å². The van der Waals surface area contributed by atoms with Crippen LogP contribution in [-0.2, 0) is 14.4 Å². The van der Waals surface area contributed by atoms with E-state index in [0.717, 1.165) is 19.3 Å². The summed E-state index contributed by atoms with van der Waals surface area (Å²) in [5, 5.41) is 14.4. The summed E-state index contributed by atoms with van der Waals surface area (Å²) < 4.78 is 0. The highest BCUT2D eigenvalue weighted by Gasteiger charge is 2.41. The average molecular weight is 254 g/mol. The maximum atomic E-state index is 12.0. The van der Waals surface area contributed by atoms with Gasteiger partial charge in [-0.3, -0.25) is 14.4 Å². The zero-order chi connectivity index (χ0) is 13.2. The monoisotopic (exact) mass is 254 g/mol. The number of aliphatic carboxylic acids is 1. The van der Waals surface area contributed by atoms with Gasteiger partial charge in [-0.05, 0) is 25.7 Å². The van der Waals surface area contributed by atoms with Crippen molar-refractivity contribution in [3.05, 3.63) is 0 Å². The topological polar surface area (TPSA) is 95.5 Å². The van der Waals surface area contributed by atoms with Crippen molar-refractivity contribution in [1.82, 2.24) is 10.6 Å². The lowest BCUT2D eigenvalue weighted by molar-refractivity contribution is -0.140. The molecular weight excluding hydrogens is 236 g/mol. The molecule has 2 aliphatic rings. The first kappa shape index (κ1) is 12.9. The summed E-state index contributed by atoms with van der Waals surface area (Å²) in [7, 11) is 0. The third-order valence-electron chi connectivity index (χ3n) is 3.82. The van der Waals surface area contributed by atoms with Gasteiger partial charge in [-0.2, -0.15) is 0 Å². The van der Waals surface area contributed by atoms with Gasteiger partial charge < -0.3 is 15.7 Å². The Kier molecular flexibility index (Phi) is 3.54. The molecule has 0 bridgehead atoms. The molecule has 0 aromatic heterocycles. The molecule has 0 spiro atoms.